The number of aromatic hydroxyl groups is 1. The Labute approximate surface area is 152 Å². The minimum absolute atomic E-state index is 0.0144. The highest BCUT2D eigenvalue weighted by molar-refractivity contribution is 6.31. The van der Waals surface area contributed by atoms with Gasteiger partial charge in [0.1, 0.15) is 11.3 Å². The van der Waals surface area contributed by atoms with Crippen LogP contribution in [0.15, 0.2) is 51.7 Å². The Hall–Kier alpha value is -2.83. The molecule has 0 saturated carbocycles. The number of benzene rings is 2. The number of phenolic OH excluding ortho intramolecular Hbond substituents is 1. The van der Waals surface area contributed by atoms with Crippen LogP contribution in [0.1, 0.15) is 27.7 Å². The number of carbonyl (C=O) groups excluding carboxylic acids is 1. The van der Waals surface area contributed by atoms with E-state index >= 15 is 0 Å². The summed E-state index contributed by atoms with van der Waals surface area (Å²) in [4.78, 5) is 27.3. The summed E-state index contributed by atoms with van der Waals surface area (Å²) in [6, 6.07) is 10.2. The van der Waals surface area contributed by atoms with Crippen molar-refractivity contribution in [3.8, 4) is 5.75 Å². The van der Waals surface area contributed by atoms with Crippen molar-refractivity contribution in [2.75, 3.05) is 13.2 Å². The maximum Gasteiger partial charge on any atom is 0.290 e. The molecule has 0 spiro atoms. The van der Waals surface area contributed by atoms with Crippen LogP contribution in [0.3, 0.4) is 0 Å². The Kier molecular flexibility index (Phi) is 3.94. The van der Waals surface area contributed by atoms with Gasteiger partial charge in [-0.2, -0.15) is 0 Å². The van der Waals surface area contributed by atoms with Crippen molar-refractivity contribution in [1.82, 2.24) is 4.90 Å². The molecule has 0 aliphatic carbocycles. The number of rotatable bonds is 3. The molecule has 6 nitrogen and oxygen atoms in total. The number of halogens is 1. The van der Waals surface area contributed by atoms with Crippen molar-refractivity contribution < 1.29 is 19.4 Å². The molecule has 0 saturated heterocycles. The van der Waals surface area contributed by atoms with Crippen LogP contribution in [-0.2, 0) is 0 Å². The molecule has 2 N–H and O–H groups in total. The van der Waals surface area contributed by atoms with E-state index in [9.17, 15) is 19.8 Å². The molecular weight excluding hydrogens is 358 g/mol. The topological polar surface area (TPSA) is 91.0 Å². The van der Waals surface area contributed by atoms with Crippen LogP contribution in [0.2, 0.25) is 5.02 Å². The highest BCUT2D eigenvalue weighted by Gasteiger charge is 2.42. The summed E-state index contributed by atoms with van der Waals surface area (Å²) in [7, 11) is 0. The van der Waals surface area contributed by atoms with E-state index in [1.54, 1.807) is 24.3 Å². The van der Waals surface area contributed by atoms with Gasteiger partial charge in [0.25, 0.3) is 5.91 Å². The zero-order valence-electron chi connectivity index (χ0n) is 13.5. The first-order valence-electron chi connectivity index (χ1n) is 7.98. The Bertz CT molecular complexity index is 1090. The summed E-state index contributed by atoms with van der Waals surface area (Å²) >= 11 is 6.00. The highest BCUT2D eigenvalue weighted by atomic mass is 35.5. The summed E-state index contributed by atoms with van der Waals surface area (Å²) in [6.45, 7) is -0.242. The van der Waals surface area contributed by atoms with Gasteiger partial charge in [-0.15, -0.1) is 0 Å². The average molecular weight is 372 g/mol. The first-order valence-corrected chi connectivity index (χ1v) is 8.36. The Morgan fingerprint density at radius 1 is 1.15 bits per heavy atom. The lowest BCUT2D eigenvalue weighted by molar-refractivity contribution is 0.0691. The fourth-order valence-electron chi connectivity index (χ4n) is 3.37. The van der Waals surface area contributed by atoms with Gasteiger partial charge in [-0.1, -0.05) is 23.7 Å². The second-order valence-corrected chi connectivity index (χ2v) is 6.47. The van der Waals surface area contributed by atoms with Crippen molar-refractivity contribution in [2.24, 2.45) is 0 Å². The van der Waals surface area contributed by atoms with Crippen molar-refractivity contribution >= 4 is 28.5 Å². The molecule has 2 heterocycles. The predicted octanol–water partition coefficient (Wildman–Crippen LogP) is 2.69. The molecule has 2 aromatic carbocycles. The molecular formula is C19H14ClNO5. The molecule has 0 fully saturated rings. The summed E-state index contributed by atoms with van der Waals surface area (Å²) < 4.78 is 5.72. The molecule has 3 aromatic rings. The summed E-state index contributed by atoms with van der Waals surface area (Å²) in [5.74, 6) is -0.511. The monoisotopic (exact) mass is 371 g/mol. The van der Waals surface area contributed by atoms with Crippen LogP contribution in [0.25, 0.3) is 11.0 Å². The summed E-state index contributed by atoms with van der Waals surface area (Å²) in [6.07, 6.45) is 0. The minimum Gasteiger partial charge on any atom is -0.508 e. The first kappa shape index (κ1) is 16.6. The molecule has 1 atom stereocenters. The lowest BCUT2D eigenvalue weighted by Gasteiger charge is -2.24. The number of β-amino-alcohol motifs (C(OH)–C–C–N with tert-alkyl or cyclic N) is 1. The van der Waals surface area contributed by atoms with Crippen LogP contribution in [0.5, 0.6) is 5.75 Å². The van der Waals surface area contributed by atoms with E-state index in [0.717, 1.165) is 0 Å². The normalized spacial score (nSPS) is 16.3. The van der Waals surface area contributed by atoms with E-state index in [4.69, 9.17) is 16.0 Å². The zero-order valence-corrected chi connectivity index (χ0v) is 14.2. The van der Waals surface area contributed by atoms with E-state index in [1.807, 2.05) is 0 Å². The molecule has 1 amide bonds. The maximum absolute atomic E-state index is 13.1. The number of amides is 1. The third-order valence-corrected chi connectivity index (χ3v) is 4.69. The fourth-order valence-corrected chi connectivity index (χ4v) is 3.54. The standard InChI is InChI=1S/C19H14ClNO5/c20-11-4-5-14-13(9-11)17(24)15-16(10-2-1-3-12(23)8-10)21(6-7-22)19(25)18(15)26-14/h1-5,8-9,16,22-23H,6-7H2. The van der Waals surface area contributed by atoms with Gasteiger partial charge in [-0.3, -0.25) is 9.59 Å². The van der Waals surface area contributed by atoms with E-state index in [-0.39, 0.29) is 46.6 Å². The first-order chi connectivity index (χ1) is 12.5. The van der Waals surface area contributed by atoms with Gasteiger partial charge in [-0.05, 0) is 35.9 Å². The molecule has 1 unspecified atom stereocenters. The zero-order chi connectivity index (χ0) is 18.4. The van der Waals surface area contributed by atoms with Crippen LogP contribution in [-0.4, -0.2) is 34.2 Å². The van der Waals surface area contributed by atoms with Gasteiger partial charge < -0.3 is 19.5 Å². The maximum atomic E-state index is 13.1. The number of hydrogen-bond acceptors (Lipinski definition) is 5. The van der Waals surface area contributed by atoms with Gasteiger partial charge >= 0.3 is 0 Å². The lowest BCUT2D eigenvalue weighted by atomic mass is 9.98. The molecule has 1 aromatic heterocycles. The number of fused-ring (bicyclic) bond motifs is 2. The average Bonchev–Trinajstić information content (AvgIpc) is 2.89. The summed E-state index contributed by atoms with van der Waals surface area (Å²) in [5.41, 5.74) is 0.654. The molecule has 1 aliphatic rings. The predicted molar refractivity (Wildman–Crippen MR) is 95.6 cm³/mol. The van der Waals surface area contributed by atoms with E-state index < -0.39 is 11.9 Å². The number of carbonyl (C=O) groups is 1. The number of phenols is 1. The molecule has 4 rings (SSSR count). The quantitative estimate of drug-likeness (QED) is 0.738. The highest BCUT2D eigenvalue weighted by Crippen LogP contribution is 2.38. The van der Waals surface area contributed by atoms with Gasteiger partial charge in [0, 0.05) is 11.6 Å². The third kappa shape index (κ3) is 2.46. The fraction of sp³-hybridized carbons (Fsp3) is 0.158. The minimum atomic E-state index is -0.753. The summed E-state index contributed by atoms with van der Waals surface area (Å²) in [5, 5.41) is 19.8. The lowest BCUT2D eigenvalue weighted by Crippen LogP contribution is -2.32. The van der Waals surface area contributed by atoms with Gasteiger partial charge in [0.2, 0.25) is 5.76 Å². The number of aliphatic hydroxyl groups is 1. The number of aliphatic hydroxyl groups excluding tert-OH is 1. The molecule has 0 radical (unpaired) electrons. The van der Waals surface area contributed by atoms with Crippen molar-refractivity contribution in [1.29, 1.82) is 0 Å². The number of hydrogen-bond donors (Lipinski definition) is 2. The van der Waals surface area contributed by atoms with Crippen molar-refractivity contribution in [3.05, 3.63) is 74.6 Å². The van der Waals surface area contributed by atoms with Crippen LogP contribution < -0.4 is 5.43 Å². The second-order valence-electron chi connectivity index (χ2n) is 6.03. The van der Waals surface area contributed by atoms with E-state index in [2.05, 4.69) is 0 Å². The SMILES string of the molecule is O=C1c2oc3ccc(Cl)cc3c(=O)c2C(c2cccc(O)c2)N1CCO. The second kappa shape index (κ2) is 6.16. The van der Waals surface area contributed by atoms with E-state index in [0.29, 0.717) is 10.6 Å². The van der Waals surface area contributed by atoms with Gasteiger partial charge in [0.05, 0.1) is 23.6 Å². The molecule has 132 valence electrons. The van der Waals surface area contributed by atoms with Crippen LogP contribution in [0.4, 0.5) is 0 Å². The van der Waals surface area contributed by atoms with Gasteiger partial charge in [-0.25, -0.2) is 0 Å². The Morgan fingerprint density at radius 3 is 2.69 bits per heavy atom. The smallest absolute Gasteiger partial charge is 0.290 e. The third-order valence-electron chi connectivity index (χ3n) is 4.45. The van der Waals surface area contributed by atoms with Crippen molar-refractivity contribution in [3.63, 3.8) is 0 Å². The van der Waals surface area contributed by atoms with Crippen LogP contribution >= 0.6 is 11.6 Å². The number of nitrogens with zero attached hydrogens (tertiary/aromatic N) is 1. The largest absolute Gasteiger partial charge is 0.508 e. The molecule has 0 bridgehead atoms. The molecule has 1 aliphatic heterocycles. The van der Waals surface area contributed by atoms with E-state index in [1.165, 1.54) is 23.1 Å². The Balaban J connectivity index is 2.03. The molecule has 26 heavy (non-hydrogen) atoms. The Morgan fingerprint density at radius 2 is 1.96 bits per heavy atom. The molecule has 7 heteroatoms. The van der Waals surface area contributed by atoms with Gasteiger partial charge in [0.15, 0.2) is 5.43 Å². The van der Waals surface area contributed by atoms with Crippen molar-refractivity contribution in [2.45, 2.75) is 6.04 Å². The van der Waals surface area contributed by atoms with Crippen LogP contribution in [0, 0.1) is 0 Å².